The van der Waals surface area contributed by atoms with E-state index in [1.54, 1.807) is 29.2 Å². The SMILES string of the molecule is CC(C)CNC(=O)[C@H](Cc1ccccc1)N(Cc1ccc(Cl)c(Cl)c1)C(=O)CSCc1ccc(Cl)cc1Cl. The lowest BCUT2D eigenvalue weighted by molar-refractivity contribution is -0.139. The molecule has 0 saturated carbocycles. The average molecular weight is 612 g/mol. The van der Waals surface area contributed by atoms with Crippen molar-refractivity contribution in [2.24, 2.45) is 5.92 Å². The minimum atomic E-state index is -0.710. The molecule has 0 aliphatic carbocycles. The molecular formula is C29H30Cl4N2O2S. The first-order chi connectivity index (χ1) is 18.1. The lowest BCUT2D eigenvalue weighted by atomic mass is 10.0. The quantitative estimate of drug-likeness (QED) is 0.226. The second kappa shape index (κ2) is 15.0. The molecular weight excluding hydrogens is 582 g/mol. The van der Waals surface area contributed by atoms with Crippen LogP contribution in [-0.4, -0.2) is 35.1 Å². The molecule has 3 aromatic carbocycles. The molecule has 3 rings (SSSR count). The van der Waals surface area contributed by atoms with Gasteiger partial charge in [-0.1, -0.05) is 103 Å². The van der Waals surface area contributed by atoms with Gasteiger partial charge in [-0.3, -0.25) is 9.59 Å². The third kappa shape index (κ3) is 9.39. The number of thioether (sulfide) groups is 1. The van der Waals surface area contributed by atoms with Gasteiger partial charge in [-0.25, -0.2) is 0 Å². The molecule has 0 aromatic heterocycles. The van der Waals surface area contributed by atoms with Crippen LogP contribution in [0, 0.1) is 5.92 Å². The Morgan fingerprint density at radius 3 is 2.26 bits per heavy atom. The number of halogens is 4. The molecule has 0 aliphatic rings. The van der Waals surface area contributed by atoms with Crippen molar-refractivity contribution in [3.8, 4) is 0 Å². The van der Waals surface area contributed by atoms with Gasteiger partial charge in [0.2, 0.25) is 11.8 Å². The maximum atomic E-state index is 13.7. The van der Waals surface area contributed by atoms with Crippen molar-refractivity contribution in [1.29, 1.82) is 0 Å². The van der Waals surface area contributed by atoms with Crippen molar-refractivity contribution in [2.45, 2.75) is 38.6 Å². The van der Waals surface area contributed by atoms with Gasteiger partial charge < -0.3 is 10.2 Å². The highest BCUT2D eigenvalue weighted by Gasteiger charge is 2.30. The summed E-state index contributed by atoms with van der Waals surface area (Å²) >= 11 is 26.2. The summed E-state index contributed by atoms with van der Waals surface area (Å²) < 4.78 is 0. The van der Waals surface area contributed by atoms with Gasteiger partial charge in [0, 0.05) is 35.3 Å². The molecule has 38 heavy (non-hydrogen) atoms. The molecule has 202 valence electrons. The van der Waals surface area contributed by atoms with Crippen LogP contribution in [0.4, 0.5) is 0 Å². The summed E-state index contributed by atoms with van der Waals surface area (Å²) in [6.07, 6.45) is 0.380. The fourth-order valence-corrected chi connectivity index (χ4v) is 5.57. The van der Waals surface area contributed by atoms with Gasteiger partial charge in [-0.15, -0.1) is 11.8 Å². The first-order valence-corrected chi connectivity index (χ1v) is 14.9. The molecule has 0 saturated heterocycles. The highest BCUT2D eigenvalue weighted by Crippen LogP contribution is 2.27. The van der Waals surface area contributed by atoms with E-state index in [1.807, 2.05) is 56.3 Å². The predicted octanol–water partition coefficient (Wildman–Crippen LogP) is 7.95. The Bertz CT molecular complexity index is 1240. The van der Waals surface area contributed by atoms with Crippen LogP contribution in [0.2, 0.25) is 20.1 Å². The molecule has 0 heterocycles. The number of carbonyl (C=O) groups is 2. The molecule has 4 nitrogen and oxygen atoms in total. The summed E-state index contributed by atoms with van der Waals surface area (Å²) in [7, 11) is 0. The summed E-state index contributed by atoms with van der Waals surface area (Å²) in [4.78, 5) is 28.8. The average Bonchev–Trinajstić information content (AvgIpc) is 2.88. The minimum Gasteiger partial charge on any atom is -0.354 e. The van der Waals surface area contributed by atoms with E-state index in [0.717, 1.165) is 16.7 Å². The standard InChI is InChI=1S/C29H30Cl4N2O2S/c1-19(2)15-34-29(37)27(13-20-6-4-3-5-7-20)35(16-21-8-11-24(31)26(33)12-21)28(36)18-38-17-22-9-10-23(30)14-25(22)32/h3-12,14,19,27H,13,15-18H2,1-2H3,(H,34,37)/t27-/m0/s1. The number of hydrogen-bond acceptors (Lipinski definition) is 3. The zero-order valence-electron chi connectivity index (χ0n) is 21.2. The fourth-order valence-electron chi connectivity index (χ4n) is 3.78. The molecule has 0 fully saturated rings. The molecule has 2 amide bonds. The van der Waals surface area contributed by atoms with Crippen LogP contribution in [0.3, 0.4) is 0 Å². The number of rotatable bonds is 12. The summed E-state index contributed by atoms with van der Waals surface area (Å²) in [6, 6.07) is 19.6. The van der Waals surface area contributed by atoms with E-state index >= 15 is 0 Å². The van der Waals surface area contributed by atoms with E-state index in [9.17, 15) is 9.59 Å². The zero-order valence-corrected chi connectivity index (χ0v) is 25.1. The summed E-state index contributed by atoms with van der Waals surface area (Å²) in [6.45, 7) is 4.79. The Morgan fingerprint density at radius 1 is 0.868 bits per heavy atom. The van der Waals surface area contributed by atoms with E-state index in [4.69, 9.17) is 46.4 Å². The van der Waals surface area contributed by atoms with Crippen molar-refractivity contribution >= 4 is 70.0 Å². The molecule has 9 heteroatoms. The van der Waals surface area contributed by atoms with Crippen molar-refractivity contribution in [1.82, 2.24) is 10.2 Å². The molecule has 0 spiro atoms. The van der Waals surface area contributed by atoms with Crippen LogP contribution in [-0.2, 0) is 28.3 Å². The van der Waals surface area contributed by atoms with Gasteiger partial charge in [0.25, 0.3) is 0 Å². The number of benzene rings is 3. The van der Waals surface area contributed by atoms with E-state index in [-0.39, 0.29) is 30.0 Å². The van der Waals surface area contributed by atoms with Crippen LogP contribution in [0.25, 0.3) is 0 Å². The van der Waals surface area contributed by atoms with Gasteiger partial charge in [0.15, 0.2) is 0 Å². The molecule has 1 N–H and O–H groups in total. The molecule has 0 bridgehead atoms. The van der Waals surface area contributed by atoms with Crippen LogP contribution in [0.1, 0.15) is 30.5 Å². The summed E-state index contributed by atoms with van der Waals surface area (Å²) in [5, 5.41) is 4.96. The number of nitrogens with zero attached hydrogens (tertiary/aromatic N) is 1. The number of carbonyl (C=O) groups excluding carboxylic acids is 2. The molecule has 0 radical (unpaired) electrons. The maximum Gasteiger partial charge on any atom is 0.243 e. The van der Waals surface area contributed by atoms with Gasteiger partial charge in [-0.05, 0) is 46.9 Å². The third-order valence-corrected chi connectivity index (χ3v) is 8.08. The number of amides is 2. The highest BCUT2D eigenvalue weighted by molar-refractivity contribution is 7.99. The van der Waals surface area contributed by atoms with Gasteiger partial charge in [0.1, 0.15) is 6.04 Å². The maximum absolute atomic E-state index is 13.7. The Balaban J connectivity index is 1.87. The molecule has 0 aliphatic heterocycles. The lowest BCUT2D eigenvalue weighted by Crippen LogP contribution is -2.51. The van der Waals surface area contributed by atoms with Crippen molar-refractivity contribution in [3.63, 3.8) is 0 Å². The van der Waals surface area contributed by atoms with Crippen molar-refractivity contribution in [3.05, 3.63) is 104 Å². The van der Waals surface area contributed by atoms with Crippen LogP contribution >= 0.6 is 58.2 Å². The van der Waals surface area contributed by atoms with Gasteiger partial charge >= 0.3 is 0 Å². The lowest BCUT2D eigenvalue weighted by Gasteiger charge is -2.32. The molecule has 0 unspecified atom stereocenters. The van der Waals surface area contributed by atoms with E-state index in [2.05, 4.69) is 5.32 Å². The van der Waals surface area contributed by atoms with Gasteiger partial charge in [0.05, 0.1) is 15.8 Å². The molecule has 1 atom stereocenters. The summed E-state index contributed by atoms with van der Waals surface area (Å²) in [5.41, 5.74) is 2.64. The summed E-state index contributed by atoms with van der Waals surface area (Å²) in [5.74, 6) is 0.623. The van der Waals surface area contributed by atoms with Crippen molar-refractivity contribution < 1.29 is 9.59 Å². The highest BCUT2D eigenvalue weighted by atomic mass is 35.5. The monoisotopic (exact) mass is 610 g/mol. The first kappa shape index (κ1) is 30.6. The van der Waals surface area contributed by atoms with Gasteiger partial charge in [-0.2, -0.15) is 0 Å². The van der Waals surface area contributed by atoms with E-state index < -0.39 is 6.04 Å². The van der Waals surface area contributed by atoms with Crippen molar-refractivity contribution in [2.75, 3.05) is 12.3 Å². The Labute approximate surface area is 249 Å². The normalized spacial score (nSPS) is 11.9. The second-order valence-electron chi connectivity index (χ2n) is 9.34. The Kier molecular flexibility index (Phi) is 12.1. The van der Waals surface area contributed by atoms with E-state index in [0.29, 0.717) is 38.8 Å². The number of hydrogen-bond donors (Lipinski definition) is 1. The Morgan fingerprint density at radius 2 is 1.61 bits per heavy atom. The van der Waals surface area contributed by atoms with E-state index in [1.165, 1.54) is 11.8 Å². The first-order valence-electron chi connectivity index (χ1n) is 12.2. The smallest absolute Gasteiger partial charge is 0.243 e. The number of nitrogens with one attached hydrogen (secondary N) is 1. The third-order valence-electron chi connectivity index (χ3n) is 5.79. The molecule has 3 aromatic rings. The van der Waals surface area contributed by atoms with Crippen LogP contribution in [0.15, 0.2) is 66.7 Å². The predicted molar refractivity (Wildman–Crippen MR) is 161 cm³/mol. The topological polar surface area (TPSA) is 49.4 Å². The largest absolute Gasteiger partial charge is 0.354 e. The van der Waals surface area contributed by atoms with Crippen LogP contribution in [0.5, 0.6) is 0 Å². The Hall–Kier alpha value is -1.89. The second-order valence-corrected chi connectivity index (χ2v) is 12.0. The minimum absolute atomic E-state index is 0.160. The zero-order chi connectivity index (χ0) is 27.7. The van der Waals surface area contributed by atoms with Crippen LogP contribution < -0.4 is 5.32 Å². The fraction of sp³-hybridized carbons (Fsp3) is 0.310.